The molecule has 1 aromatic heterocycles. The number of fused-ring (bicyclic) bond motifs is 1. The number of hydrogen-bond acceptors (Lipinski definition) is 1. The van der Waals surface area contributed by atoms with Crippen LogP contribution in [0.3, 0.4) is 0 Å². The van der Waals surface area contributed by atoms with Gasteiger partial charge < -0.3 is 9.97 Å². The van der Waals surface area contributed by atoms with Gasteiger partial charge in [0.25, 0.3) is 0 Å². The smallest absolute Gasteiger partial charge is 0.461 e. The van der Waals surface area contributed by atoms with Crippen molar-refractivity contribution in [3.63, 3.8) is 0 Å². The topological polar surface area (TPSA) is 28.7 Å². The van der Waals surface area contributed by atoms with Gasteiger partial charge in [-0.25, -0.2) is 0 Å². The molecule has 2 aromatic rings. The molecule has 3 heteroatoms. The van der Waals surface area contributed by atoms with E-state index in [1.807, 2.05) is 24.3 Å². The first kappa shape index (κ1) is 7.54. The quantitative estimate of drug-likeness (QED) is 0.577. The SMILES string of the molecule is [Au+].[c-]1nc2ccccc2[nH]1. The molecule has 0 saturated heterocycles. The summed E-state index contributed by atoms with van der Waals surface area (Å²) in [7, 11) is 0. The molecule has 0 aliphatic carbocycles. The van der Waals surface area contributed by atoms with Gasteiger partial charge in [0.2, 0.25) is 0 Å². The monoisotopic (exact) mass is 314 g/mol. The van der Waals surface area contributed by atoms with E-state index in [0.29, 0.717) is 0 Å². The molecule has 0 fully saturated rings. The number of aromatic amines is 1. The van der Waals surface area contributed by atoms with E-state index in [-0.39, 0.29) is 22.4 Å². The third-order valence-corrected chi connectivity index (χ3v) is 1.27. The van der Waals surface area contributed by atoms with Crippen LogP contribution >= 0.6 is 0 Å². The predicted molar refractivity (Wildman–Crippen MR) is 34.9 cm³/mol. The van der Waals surface area contributed by atoms with Gasteiger partial charge in [0.05, 0.1) is 0 Å². The Hall–Kier alpha value is -0.570. The average Bonchev–Trinajstić information content (AvgIpc) is 2.33. The maximum atomic E-state index is 3.94. The number of aromatic nitrogens is 2. The summed E-state index contributed by atoms with van der Waals surface area (Å²) in [4.78, 5) is 6.82. The zero-order valence-corrected chi connectivity index (χ0v) is 7.22. The fraction of sp³-hybridized carbons (Fsp3) is 0. The van der Waals surface area contributed by atoms with Gasteiger partial charge in [0, 0.05) is 0 Å². The van der Waals surface area contributed by atoms with Gasteiger partial charge in [0.15, 0.2) is 0 Å². The number of nitrogens with one attached hydrogen (secondary N) is 1. The Morgan fingerprint density at radius 1 is 1.30 bits per heavy atom. The second-order valence-corrected chi connectivity index (χ2v) is 1.87. The van der Waals surface area contributed by atoms with Crippen molar-refractivity contribution in [2.75, 3.05) is 0 Å². The molecule has 0 unspecified atom stereocenters. The molecule has 0 saturated carbocycles. The minimum absolute atomic E-state index is 0. The first-order valence-electron chi connectivity index (χ1n) is 2.77. The zero-order valence-electron chi connectivity index (χ0n) is 5.06. The van der Waals surface area contributed by atoms with Crippen LogP contribution in [0.5, 0.6) is 0 Å². The van der Waals surface area contributed by atoms with E-state index in [1.165, 1.54) is 0 Å². The molecule has 1 aromatic carbocycles. The molecule has 0 atom stereocenters. The molecule has 0 aliphatic heterocycles. The van der Waals surface area contributed by atoms with E-state index >= 15 is 0 Å². The molecular formula is C7H5AuN2. The predicted octanol–water partition coefficient (Wildman–Crippen LogP) is 1.36. The van der Waals surface area contributed by atoms with Crippen molar-refractivity contribution >= 4 is 11.0 Å². The summed E-state index contributed by atoms with van der Waals surface area (Å²) in [6.07, 6.45) is 2.66. The Balaban J connectivity index is 0.000000500. The first-order chi connectivity index (χ1) is 4.47. The molecule has 0 spiro atoms. The number of H-pyrrole nitrogens is 1. The molecule has 1 N–H and O–H groups in total. The number of para-hydroxylation sites is 2. The number of imidazole rings is 1. The van der Waals surface area contributed by atoms with Crippen molar-refractivity contribution in [2.24, 2.45) is 0 Å². The summed E-state index contributed by atoms with van der Waals surface area (Å²) >= 11 is 0. The summed E-state index contributed by atoms with van der Waals surface area (Å²) in [5.41, 5.74) is 2.01. The molecule has 54 valence electrons. The second-order valence-electron chi connectivity index (χ2n) is 1.87. The van der Waals surface area contributed by atoms with Crippen molar-refractivity contribution in [3.8, 4) is 0 Å². The molecule has 2 nitrogen and oxygen atoms in total. The third kappa shape index (κ3) is 1.14. The van der Waals surface area contributed by atoms with E-state index in [0.717, 1.165) is 11.0 Å². The number of rotatable bonds is 0. The fourth-order valence-corrected chi connectivity index (χ4v) is 0.825. The molecule has 0 radical (unpaired) electrons. The van der Waals surface area contributed by atoms with Crippen molar-refractivity contribution in [3.05, 3.63) is 30.6 Å². The van der Waals surface area contributed by atoms with Gasteiger partial charge in [0.1, 0.15) is 0 Å². The maximum Gasteiger partial charge on any atom is 1.00 e. The molecule has 0 aliphatic rings. The molecule has 0 amide bonds. The van der Waals surface area contributed by atoms with Crippen LogP contribution in [0.25, 0.3) is 11.0 Å². The van der Waals surface area contributed by atoms with Crippen molar-refractivity contribution < 1.29 is 22.4 Å². The van der Waals surface area contributed by atoms with Crippen LogP contribution in [-0.4, -0.2) is 9.97 Å². The number of hydrogen-bond donors (Lipinski definition) is 1. The summed E-state index contributed by atoms with van der Waals surface area (Å²) in [6, 6.07) is 7.84. The van der Waals surface area contributed by atoms with Crippen LogP contribution in [0.1, 0.15) is 0 Å². The Bertz CT molecular complexity index is 286. The molecule has 0 bridgehead atoms. The summed E-state index contributed by atoms with van der Waals surface area (Å²) in [5.74, 6) is 0. The first-order valence-corrected chi connectivity index (χ1v) is 2.77. The van der Waals surface area contributed by atoms with Crippen molar-refractivity contribution in [1.29, 1.82) is 0 Å². The van der Waals surface area contributed by atoms with E-state index in [2.05, 4.69) is 16.3 Å². The standard InChI is InChI=1S/C7H5N2.Au/c1-2-4-7-6(3-1)8-5-9-7;/h1-4H,(H,8,9);/q-1;+1. The van der Waals surface area contributed by atoms with Gasteiger partial charge in [-0.3, -0.25) is 0 Å². The minimum Gasteiger partial charge on any atom is -0.461 e. The molecule has 1 heterocycles. The second kappa shape index (κ2) is 3.01. The van der Waals surface area contributed by atoms with E-state index < -0.39 is 0 Å². The van der Waals surface area contributed by atoms with Crippen molar-refractivity contribution in [1.82, 2.24) is 9.97 Å². The zero-order chi connectivity index (χ0) is 6.10. The normalized spacial score (nSPS) is 9.20. The van der Waals surface area contributed by atoms with Crippen LogP contribution < -0.4 is 0 Å². The number of nitrogens with zero attached hydrogens (tertiary/aromatic N) is 1. The van der Waals surface area contributed by atoms with Crippen molar-refractivity contribution in [2.45, 2.75) is 0 Å². The fourth-order valence-electron chi connectivity index (χ4n) is 0.825. The van der Waals surface area contributed by atoms with Crippen LogP contribution in [0.15, 0.2) is 24.3 Å². The number of benzene rings is 1. The van der Waals surface area contributed by atoms with Crippen LogP contribution in [0.4, 0.5) is 0 Å². The van der Waals surface area contributed by atoms with Gasteiger partial charge in [-0.15, -0.1) is 12.1 Å². The van der Waals surface area contributed by atoms with Gasteiger partial charge in [-0.05, 0) is 6.33 Å². The molecular weight excluding hydrogens is 309 g/mol. The summed E-state index contributed by atoms with van der Waals surface area (Å²) in [5, 5.41) is 0. The van der Waals surface area contributed by atoms with Crippen LogP contribution in [-0.2, 0) is 22.4 Å². The third-order valence-electron chi connectivity index (χ3n) is 1.27. The van der Waals surface area contributed by atoms with Gasteiger partial charge in [-0.2, -0.15) is 0 Å². The largest absolute Gasteiger partial charge is 1.00 e. The molecule has 10 heavy (non-hydrogen) atoms. The average molecular weight is 314 g/mol. The Morgan fingerprint density at radius 2 is 2.10 bits per heavy atom. The minimum atomic E-state index is 0. The Labute approximate surface area is 74.2 Å². The van der Waals surface area contributed by atoms with E-state index in [1.54, 1.807) is 0 Å². The Kier molecular flexibility index (Phi) is 2.27. The maximum absolute atomic E-state index is 3.94. The van der Waals surface area contributed by atoms with E-state index in [9.17, 15) is 0 Å². The van der Waals surface area contributed by atoms with Crippen LogP contribution in [0.2, 0.25) is 0 Å². The van der Waals surface area contributed by atoms with Gasteiger partial charge >= 0.3 is 22.4 Å². The summed E-state index contributed by atoms with van der Waals surface area (Å²) < 4.78 is 0. The van der Waals surface area contributed by atoms with Crippen LogP contribution in [0, 0.1) is 6.33 Å². The van der Waals surface area contributed by atoms with E-state index in [4.69, 9.17) is 0 Å². The Morgan fingerprint density at radius 3 is 2.90 bits per heavy atom. The molecule has 2 rings (SSSR count). The van der Waals surface area contributed by atoms with Gasteiger partial charge in [-0.1, -0.05) is 23.2 Å². The summed E-state index contributed by atoms with van der Waals surface area (Å²) in [6.45, 7) is 0.